The van der Waals surface area contributed by atoms with Crippen LogP contribution in [0.1, 0.15) is 5.56 Å². The molecule has 1 amide bonds. The second-order valence-corrected chi connectivity index (χ2v) is 5.86. The lowest BCUT2D eigenvalue weighted by molar-refractivity contribution is -0.115. The highest BCUT2D eigenvalue weighted by atomic mass is 16.7. The monoisotopic (exact) mass is 331 g/mol. The standard InChI is InChI=1S/C21H17NO3/c23-21(22-18-10-11-19-20(13-18)25-14-24-19)12-15-6-8-17(9-7-15)16-4-2-1-3-5-16/h1-11,13H,12,14H2,(H,22,23). The van der Waals surface area contributed by atoms with E-state index in [9.17, 15) is 4.79 Å². The molecule has 4 nitrogen and oxygen atoms in total. The van der Waals surface area contributed by atoms with Crippen LogP contribution >= 0.6 is 0 Å². The molecular formula is C21H17NO3. The number of anilines is 1. The molecule has 124 valence electrons. The van der Waals surface area contributed by atoms with Crippen LogP contribution in [0.2, 0.25) is 0 Å². The van der Waals surface area contributed by atoms with Crippen LogP contribution in [-0.4, -0.2) is 12.7 Å². The van der Waals surface area contributed by atoms with Crippen LogP contribution in [0.25, 0.3) is 11.1 Å². The SMILES string of the molecule is O=C(Cc1ccc(-c2ccccc2)cc1)Nc1ccc2c(c1)OCO2. The van der Waals surface area contributed by atoms with Crippen LogP contribution in [0.5, 0.6) is 11.5 Å². The summed E-state index contributed by atoms with van der Waals surface area (Å²) in [6.45, 7) is 0.223. The lowest BCUT2D eigenvalue weighted by Gasteiger charge is -2.07. The van der Waals surface area contributed by atoms with Crippen LogP contribution in [0.4, 0.5) is 5.69 Å². The van der Waals surface area contributed by atoms with Gasteiger partial charge >= 0.3 is 0 Å². The highest BCUT2D eigenvalue weighted by Gasteiger charge is 2.14. The van der Waals surface area contributed by atoms with Gasteiger partial charge in [0.15, 0.2) is 11.5 Å². The van der Waals surface area contributed by atoms with Gasteiger partial charge in [0.05, 0.1) is 6.42 Å². The predicted molar refractivity (Wildman–Crippen MR) is 96.8 cm³/mol. The van der Waals surface area contributed by atoms with Crippen molar-refractivity contribution >= 4 is 11.6 Å². The maximum atomic E-state index is 12.3. The molecule has 0 spiro atoms. The highest BCUT2D eigenvalue weighted by molar-refractivity contribution is 5.92. The summed E-state index contributed by atoms with van der Waals surface area (Å²) in [6.07, 6.45) is 0.323. The van der Waals surface area contributed by atoms with Gasteiger partial charge in [0.25, 0.3) is 0 Å². The molecule has 0 atom stereocenters. The van der Waals surface area contributed by atoms with Gasteiger partial charge in [-0.2, -0.15) is 0 Å². The first-order chi connectivity index (χ1) is 12.3. The van der Waals surface area contributed by atoms with Crippen molar-refractivity contribution in [1.82, 2.24) is 0 Å². The number of fused-ring (bicyclic) bond motifs is 1. The highest BCUT2D eigenvalue weighted by Crippen LogP contribution is 2.34. The Morgan fingerprint density at radius 1 is 0.840 bits per heavy atom. The van der Waals surface area contributed by atoms with Crippen LogP contribution in [0, 0.1) is 0 Å². The lowest BCUT2D eigenvalue weighted by Crippen LogP contribution is -2.14. The van der Waals surface area contributed by atoms with Gasteiger partial charge in [-0.1, -0.05) is 54.6 Å². The van der Waals surface area contributed by atoms with Crippen molar-refractivity contribution < 1.29 is 14.3 Å². The topological polar surface area (TPSA) is 47.6 Å². The van der Waals surface area contributed by atoms with Gasteiger partial charge in [-0.15, -0.1) is 0 Å². The number of hydrogen-bond acceptors (Lipinski definition) is 3. The van der Waals surface area contributed by atoms with Gasteiger partial charge in [0.1, 0.15) is 0 Å². The van der Waals surface area contributed by atoms with E-state index < -0.39 is 0 Å². The smallest absolute Gasteiger partial charge is 0.231 e. The summed E-state index contributed by atoms with van der Waals surface area (Å²) >= 11 is 0. The minimum Gasteiger partial charge on any atom is -0.454 e. The molecule has 0 bridgehead atoms. The van der Waals surface area contributed by atoms with E-state index in [-0.39, 0.29) is 12.7 Å². The van der Waals surface area contributed by atoms with E-state index in [2.05, 4.69) is 17.4 Å². The van der Waals surface area contributed by atoms with Crippen molar-refractivity contribution in [1.29, 1.82) is 0 Å². The van der Waals surface area contributed by atoms with Crippen molar-refractivity contribution in [2.45, 2.75) is 6.42 Å². The fraction of sp³-hybridized carbons (Fsp3) is 0.0952. The van der Waals surface area contributed by atoms with E-state index in [1.54, 1.807) is 12.1 Å². The third-order valence-corrected chi connectivity index (χ3v) is 4.08. The zero-order valence-corrected chi connectivity index (χ0v) is 13.6. The van der Waals surface area contributed by atoms with Gasteiger partial charge in [-0.3, -0.25) is 4.79 Å². The summed E-state index contributed by atoms with van der Waals surface area (Å²) in [5, 5.41) is 2.89. The molecule has 0 unspecified atom stereocenters. The van der Waals surface area contributed by atoms with E-state index in [1.165, 1.54) is 5.56 Å². The van der Waals surface area contributed by atoms with Gasteiger partial charge < -0.3 is 14.8 Å². The molecule has 1 aliphatic heterocycles. The average molecular weight is 331 g/mol. The van der Waals surface area contributed by atoms with E-state index in [0.29, 0.717) is 23.6 Å². The van der Waals surface area contributed by atoms with Crippen molar-refractivity contribution in [2.75, 3.05) is 12.1 Å². The molecule has 0 aromatic heterocycles. The molecule has 1 N–H and O–H groups in total. The maximum Gasteiger partial charge on any atom is 0.231 e. The number of ether oxygens (including phenoxy) is 2. The molecule has 4 heteroatoms. The van der Waals surface area contributed by atoms with Crippen LogP contribution < -0.4 is 14.8 Å². The van der Waals surface area contributed by atoms with Gasteiger partial charge in [0, 0.05) is 11.8 Å². The van der Waals surface area contributed by atoms with E-state index in [0.717, 1.165) is 11.1 Å². The maximum absolute atomic E-state index is 12.3. The second-order valence-electron chi connectivity index (χ2n) is 5.86. The number of hydrogen-bond donors (Lipinski definition) is 1. The van der Waals surface area contributed by atoms with E-state index in [1.807, 2.05) is 48.5 Å². The Bertz CT molecular complexity index is 889. The first-order valence-electron chi connectivity index (χ1n) is 8.12. The summed E-state index contributed by atoms with van der Waals surface area (Å²) in [7, 11) is 0. The van der Waals surface area contributed by atoms with E-state index in [4.69, 9.17) is 9.47 Å². The molecule has 0 radical (unpaired) electrons. The number of benzene rings is 3. The molecule has 4 rings (SSSR count). The summed E-state index contributed by atoms with van der Waals surface area (Å²) in [5.41, 5.74) is 3.98. The van der Waals surface area contributed by atoms with Crippen molar-refractivity contribution in [3.8, 4) is 22.6 Å². The fourth-order valence-corrected chi connectivity index (χ4v) is 2.81. The summed E-state index contributed by atoms with van der Waals surface area (Å²) in [6, 6.07) is 23.6. The minimum atomic E-state index is -0.0636. The molecule has 25 heavy (non-hydrogen) atoms. The van der Waals surface area contributed by atoms with Gasteiger partial charge in [0.2, 0.25) is 12.7 Å². The number of nitrogens with one attached hydrogen (secondary N) is 1. The fourth-order valence-electron chi connectivity index (χ4n) is 2.81. The van der Waals surface area contributed by atoms with Crippen LogP contribution in [0.3, 0.4) is 0 Å². The van der Waals surface area contributed by atoms with Gasteiger partial charge in [-0.25, -0.2) is 0 Å². The van der Waals surface area contributed by atoms with Crippen LogP contribution in [0.15, 0.2) is 72.8 Å². The van der Waals surface area contributed by atoms with Gasteiger partial charge in [-0.05, 0) is 28.8 Å². The minimum absolute atomic E-state index is 0.0636. The quantitative estimate of drug-likeness (QED) is 0.777. The second kappa shape index (κ2) is 6.69. The predicted octanol–water partition coefficient (Wildman–Crippen LogP) is 4.26. The molecule has 0 aliphatic carbocycles. The van der Waals surface area contributed by atoms with E-state index >= 15 is 0 Å². The Labute approximate surface area is 146 Å². The first-order valence-corrected chi connectivity index (χ1v) is 8.12. The molecule has 3 aromatic rings. The largest absolute Gasteiger partial charge is 0.454 e. The molecular weight excluding hydrogens is 314 g/mol. The molecule has 1 heterocycles. The normalized spacial score (nSPS) is 12.0. The number of rotatable bonds is 4. The Morgan fingerprint density at radius 2 is 1.56 bits per heavy atom. The third-order valence-electron chi connectivity index (χ3n) is 4.08. The Morgan fingerprint density at radius 3 is 2.36 bits per heavy atom. The van der Waals surface area contributed by atoms with Crippen molar-refractivity contribution in [3.63, 3.8) is 0 Å². The lowest BCUT2D eigenvalue weighted by atomic mass is 10.0. The number of carbonyl (C=O) groups is 1. The Hall–Kier alpha value is -3.27. The number of carbonyl (C=O) groups excluding carboxylic acids is 1. The zero-order chi connectivity index (χ0) is 17.1. The van der Waals surface area contributed by atoms with Crippen LogP contribution in [-0.2, 0) is 11.2 Å². The molecule has 0 saturated heterocycles. The van der Waals surface area contributed by atoms with Crippen molar-refractivity contribution in [3.05, 3.63) is 78.4 Å². The zero-order valence-electron chi connectivity index (χ0n) is 13.6. The Kier molecular flexibility index (Phi) is 4.09. The molecule has 3 aromatic carbocycles. The third kappa shape index (κ3) is 3.48. The molecule has 1 aliphatic rings. The van der Waals surface area contributed by atoms with Crippen molar-refractivity contribution in [2.24, 2.45) is 0 Å². The molecule has 0 saturated carbocycles. The number of amides is 1. The summed E-state index contributed by atoms with van der Waals surface area (Å²) in [4.78, 5) is 12.3. The summed E-state index contributed by atoms with van der Waals surface area (Å²) < 4.78 is 10.6. The first kappa shape index (κ1) is 15.3. The molecule has 0 fully saturated rings. The Balaban J connectivity index is 1.41. The summed E-state index contributed by atoms with van der Waals surface area (Å²) in [5.74, 6) is 1.30. The average Bonchev–Trinajstić information content (AvgIpc) is 3.11.